The minimum absolute atomic E-state index is 0.0449. The molecule has 0 saturated carbocycles. The summed E-state index contributed by atoms with van der Waals surface area (Å²) in [7, 11) is 2.24. The van der Waals surface area contributed by atoms with E-state index in [9.17, 15) is 22.8 Å². The van der Waals surface area contributed by atoms with Crippen molar-refractivity contribution in [2.24, 2.45) is 0 Å². The lowest BCUT2D eigenvalue weighted by atomic mass is 10.1. The van der Waals surface area contributed by atoms with Crippen LogP contribution in [0.3, 0.4) is 0 Å². The van der Waals surface area contributed by atoms with E-state index >= 15 is 0 Å². The number of halogens is 4. The average molecular weight is 455 g/mol. The molecule has 0 N–H and O–H groups in total. The average Bonchev–Trinajstić information content (AvgIpc) is 3.14. The van der Waals surface area contributed by atoms with Crippen molar-refractivity contribution in [3.63, 3.8) is 0 Å². The quantitative estimate of drug-likeness (QED) is 0.521. The molecule has 2 aromatic carbocycles. The van der Waals surface area contributed by atoms with Crippen LogP contribution < -0.4 is 4.74 Å². The molecule has 1 heterocycles. The van der Waals surface area contributed by atoms with Crippen molar-refractivity contribution in [3.05, 3.63) is 64.8 Å². The second kappa shape index (κ2) is 8.68. The van der Waals surface area contributed by atoms with Crippen LogP contribution in [-0.4, -0.2) is 42.3 Å². The Hall–Kier alpha value is -3.53. The third-order valence-electron chi connectivity index (χ3n) is 4.09. The molecule has 0 fully saturated rings. The Morgan fingerprint density at radius 1 is 1.00 bits per heavy atom. The maximum absolute atomic E-state index is 12.5. The molecular formula is C20H14ClF3N2O5. The van der Waals surface area contributed by atoms with Gasteiger partial charge in [-0.2, -0.15) is 5.10 Å². The minimum atomic E-state index is -4.94. The van der Waals surface area contributed by atoms with E-state index in [2.05, 4.69) is 9.84 Å². The monoisotopic (exact) mass is 454 g/mol. The van der Waals surface area contributed by atoms with Gasteiger partial charge in [0.2, 0.25) is 0 Å². The first-order valence-corrected chi connectivity index (χ1v) is 8.94. The molecule has 0 amide bonds. The molecule has 0 saturated heterocycles. The fourth-order valence-corrected chi connectivity index (χ4v) is 3.03. The van der Waals surface area contributed by atoms with Gasteiger partial charge in [0.1, 0.15) is 17.0 Å². The first-order valence-electron chi connectivity index (χ1n) is 8.57. The maximum Gasteiger partial charge on any atom is 0.573 e. The number of aromatic nitrogens is 2. The van der Waals surface area contributed by atoms with Gasteiger partial charge in [0.15, 0.2) is 5.69 Å². The summed E-state index contributed by atoms with van der Waals surface area (Å²) in [5.41, 5.74) is 0.0831. The van der Waals surface area contributed by atoms with Crippen LogP contribution >= 0.6 is 11.6 Å². The smallest absolute Gasteiger partial charge is 0.465 e. The summed E-state index contributed by atoms with van der Waals surface area (Å²) in [5, 5.41) is 3.95. The van der Waals surface area contributed by atoms with Crippen LogP contribution in [0.4, 0.5) is 13.2 Å². The van der Waals surface area contributed by atoms with Gasteiger partial charge in [-0.05, 0) is 30.3 Å². The highest BCUT2D eigenvalue weighted by atomic mass is 35.5. The molecule has 0 unspecified atom stereocenters. The Morgan fingerprint density at radius 3 is 2.19 bits per heavy atom. The van der Waals surface area contributed by atoms with Crippen LogP contribution in [0.2, 0.25) is 5.02 Å². The molecule has 0 spiro atoms. The molecule has 31 heavy (non-hydrogen) atoms. The number of rotatable bonds is 5. The van der Waals surface area contributed by atoms with E-state index in [0.29, 0.717) is 5.69 Å². The zero-order valence-corrected chi connectivity index (χ0v) is 16.8. The third-order valence-corrected chi connectivity index (χ3v) is 4.38. The number of hydrogen-bond acceptors (Lipinski definition) is 6. The highest BCUT2D eigenvalue weighted by molar-refractivity contribution is 6.32. The largest absolute Gasteiger partial charge is 0.573 e. The second-order valence-electron chi connectivity index (χ2n) is 6.00. The van der Waals surface area contributed by atoms with Crippen molar-refractivity contribution in [2.75, 3.05) is 14.2 Å². The summed E-state index contributed by atoms with van der Waals surface area (Å²) < 4.78 is 52.2. The molecule has 0 bridgehead atoms. The molecule has 7 nitrogen and oxygen atoms in total. The van der Waals surface area contributed by atoms with Gasteiger partial charge in [0.05, 0.1) is 24.9 Å². The molecule has 0 aliphatic heterocycles. The molecule has 1 aromatic heterocycles. The van der Waals surface area contributed by atoms with E-state index in [4.69, 9.17) is 21.1 Å². The van der Waals surface area contributed by atoms with Crippen molar-refractivity contribution in [1.29, 1.82) is 0 Å². The molecule has 3 aromatic rings. The van der Waals surface area contributed by atoms with E-state index in [0.717, 1.165) is 26.4 Å². The number of ether oxygens (including phenoxy) is 3. The molecule has 3 rings (SSSR count). The SMILES string of the molecule is COC(=O)c1c(-c2ccc(OC(F)(F)F)c(Cl)c2)nn(-c2ccccc2)c1C(=O)OC. The van der Waals surface area contributed by atoms with Gasteiger partial charge in [-0.1, -0.05) is 29.8 Å². The summed E-state index contributed by atoms with van der Waals surface area (Å²) in [5.74, 6) is -2.40. The van der Waals surface area contributed by atoms with E-state index in [1.54, 1.807) is 30.3 Å². The Balaban J connectivity index is 2.25. The summed E-state index contributed by atoms with van der Waals surface area (Å²) in [6.07, 6.45) is -4.94. The summed E-state index contributed by atoms with van der Waals surface area (Å²) >= 11 is 5.94. The zero-order chi connectivity index (χ0) is 22.8. The number of hydrogen-bond donors (Lipinski definition) is 0. The van der Waals surface area contributed by atoms with Gasteiger partial charge in [-0.3, -0.25) is 0 Å². The maximum atomic E-state index is 12.5. The Bertz CT molecular complexity index is 1130. The number of carbonyl (C=O) groups is 2. The summed E-state index contributed by atoms with van der Waals surface area (Å²) in [6, 6.07) is 11.7. The lowest BCUT2D eigenvalue weighted by molar-refractivity contribution is -0.274. The Kier molecular flexibility index (Phi) is 6.21. The van der Waals surface area contributed by atoms with Gasteiger partial charge in [0, 0.05) is 5.56 Å². The predicted octanol–water partition coefficient (Wildman–Crippen LogP) is 4.66. The van der Waals surface area contributed by atoms with Gasteiger partial charge in [0.25, 0.3) is 0 Å². The highest BCUT2D eigenvalue weighted by Crippen LogP contribution is 2.36. The van der Waals surface area contributed by atoms with Gasteiger partial charge < -0.3 is 14.2 Å². The molecule has 0 atom stereocenters. The minimum Gasteiger partial charge on any atom is -0.465 e. The van der Waals surface area contributed by atoms with Crippen LogP contribution in [-0.2, 0) is 9.47 Å². The standard InChI is InChI=1S/C20H14ClF3N2O5/c1-29-18(27)15-16(11-8-9-14(13(21)10-11)31-20(22,23)24)25-26(17(15)19(28)30-2)12-6-4-3-5-7-12/h3-10H,1-2H3. The summed E-state index contributed by atoms with van der Waals surface area (Å²) in [4.78, 5) is 25.1. The van der Waals surface area contributed by atoms with E-state index < -0.39 is 24.1 Å². The molecule has 0 aliphatic carbocycles. The highest BCUT2D eigenvalue weighted by Gasteiger charge is 2.33. The van der Waals surface area contributed by atoms with Crippen LogP contribution in [0.15, 0.2) is 48.5 Å². The van der Waals surface area contributed by atoms with Crippen molar-refractivity contribution < 1.29 is 37.0 Å². The molecule has 162 valence electrons. The lowest BCUT2D eigenvalue weighted by Gasteiger charge is -2.11. The van der Waals surface area contributed by atoms with Crippen molar-refractivity contribution in [1.82, 2.24) is 9.78 Å². The number of benzene rings is 2. The van der Waals surface area contributed by atoms with Gasteiger partial charge in [-0.15, -0.1) is 13.2 Å². The first-order chi connectivity index (χ1) is 14.7. The van der Waals surface area contributed by atoms with E-state index in [1.165, 1.54) is 10.7 Å². The number of nitrogens with zero attached hydrogens (tertiary/aromatic N) is 2. The number of carbonyl (C=O) groups excluding carboxylic acids is 2. The number of para-hydroxylation sites is 1. The van der Waals surface area contributed by atoms with Gasteiger partial charge in [-0.25, -0.2) is 14.3 Å². The fraction of sp³-hybridized carbons (Fsp3) is 0.150. The molecule has 11 heteroatoms. The lowest BCUT2D eigenvalue weighted by Crippen LogP contribution is -2.17. The van der Waals surface area contributed by atoms with Crippen molar-refractivity contribution in [2.45, 2.75) is 6.36 Å². The predicted molar refractivity (Wildman–Crippen MR) is 103 cm³/mol. The van der Waals surface area contributed by atoms with Crippen LogP contribution in [0.5, 0.6) is 5.75 Å². The van der Waals surface area contributed by atoms with Crippen molar-refractivity contribution in [3.8, 4) is 22.7 Å². The normalized spacial score (nSPS) is 11.2. The molecule has 0 aliphatic rings. The van der Waals surface area contributed by atoms with E-state index in [-0.39, 0.29) is 27.5 Å². The Morgan fingerprint density at radius 2 is 1.65 bits per heavy atom. The topological polar surface area (TPSA) is 79.7 Å². The molecular weight excluding hydrogens is 441 g/mol. The first kappa shape index (κ1) is 22.2. The van der Waals surface area contributed by atoms with Crippen LogP contribution in [0, 0.1) is 0 Å². The summed E-state index contributed by atoms with van der Waals surface area (Å²) in [6.45, 7) is 0. The van der Waals surface area contributed by atoms with Crippen molar-refractivity contribution >= 4 is 23.5 Å². The Labute approximate surface area is 178 Å². The van der Waals surface area contributed by atoms with Crippen LogP contribution in [0.25, 0.3) is 16.9 Å². The van der Waals surface area contributed by atoms with E-state index in [1.807, 2.05) is 0 Å². The number of alkyl halides is 3. The number of methoxy groups -OCH3 is 2. The van der Waals surface area contributed by atoms with Gasteiger partial charge >= 0.3 is 18.3 Å². The van der Waals surface area contributed by atoms with Crippen LogP contribution in [0.1, 0.15) is 20.8 Å². The number of esters is 2. The second-order valence-corrected chi connectivity index (χ2v) is 6.40. The third kappa shape index (κ3) is 4.64. The fourth-order valence-electron chi connectivity index (χ4n) is 2.81. The zero-order valence-electron chi connectivity index (χ0n) is 16.1. The molecule has 0 radical (unpaired) electrons.